The molecular weight excluding hydrogens is 312 g/mol. The predicted octanol–water partition coefficient (Wildman–Crippen LogP) is 4.45. The second-order valence-corrected chi connectivity index (χ2v) is 6.14. The van der Waals surface area contributed by atoms with Crippen LogP contribution in [0.5, 0.6) is 0 Å². The summed E-state index contributed by atoms with van der Waals surface area (Å²) in [5, 5.41) is 0.118. The summed E-state index contributed by atoms with van der Waals surface area (Å²) in [6.45, 7) is 2.15. The van der Waals surface area contributed by atoms with Gasteiger partial charge in [0.25, 0.3) is 0 Å². The molecule has 0 aromatic heterocycles. The smallest absolute Gasteiger partial charge is 0.0778 e. The number of alkyl halides is 2. The Bertz CT molecular complexity index is 332. The first-order valence-electron chi connectivity index (χ1n) is 6.38. The van der Waals surface area contributed by atoms with Gasteiger partial charge < -0.3 is 4.74 Å². The predicted molar refractivity (Wildman–Crippen MR) is 82.3 cm³/mol. The number of halogens is 2. The number of rotatable bonds is 6. The molecule has 0 aromatic rings. The number of hydrogen-bond acceptors (Lipinski definition) is 1. The third-order valence-electron chi connectivity index (χ3n) is 3.03. The lowest BCUT2D eigenvalue weighted by molar-refractivity contribution is 0.0472. The molecule has 0 N–H and O–H groups in total. The fraction of sp³-hybridized carbons (Fsp3) is 0.600. The van der Waals surface area contributed by atoms with Crippen molar-refractivity contribution < 1.29 is 4.74 Å². The van der Waals surface area contributed by atoms with E-state index in [1.807, 2.05) is 6.08 Å². The van der Waals surface area contributed by atoms with E-state index in [1.165, 1.54) is 0 Å². The van der Waals surface area contributed by atoms with Gasteiger partial charge in [-0.1, -0.05) is 47.0 Å². The fourth-order valence-electron chi connectivity index (χ4n) is 1.98. The summed E-state index contributed by atoms with van der Waals surface area (Å²) < 4.78 is 5.97. The van der Waals surface area contributed by atoms with Crippen LogP contribution in [0.1, 0.15) is 32.6 Å². The van der Waals surface area contributed by atoms with Gasteiger partial charge >= 0.3 is 0 Å². The Morgan fingerprint density at radius 1 is 1.50 bits per heavy atom. The molecule has 100 valence electrons. The summed E-state index contributed by atoms with van der Waals surface area (Å²) >= 11 is 9.96. The van der Waals surface area contributed by atoms with Gasteiger partial charge in [0.15, 0.2) is 0 Å². The number of ether oxygens (including phenoxy) is 1. The van der Waals surface area contributed by atoms with Gasteiger partial charge in [0.05, 0.1) is 17.6 Å². The summed E-state index contributed by atoms with van der Waals surface area (Å²) in [5.74, 6) is 2.47. The molecule has 0 saturated carbocycles. The zero-order chi connectivity index (χ0) is 13.4. The van der Waals surface area contributed by atoms with Gasteiger partial charge in [-0.15, -0.1) is 18.0 Å². The Kier molecular flexibility index (Phi) is 7.74. The summed E-state index contributed by atoms with van der Waals surface area (Å²) in [7, 11) is 0. The second-order valence-electron chi connectivity index (χ2n) is 4.40. The molecule has 0 unspecified atom stereocenters. The van der Waals surface area contributed by atoms with Crippen LogP contribution < -0.4 is 0 Å². The average molecular weight is 332 g/mol. The first-order valence-corrected chi connectivity index (χ1v) is 7.74. The number of terminal acetylenes is 1. The van der Waals surface area contributed by atoms with E-state index in [-0.39, 0.29) is 17.6 Å². The Morgan fingerprint density at radius 2 is 2.28 bits per heavy atom. The van der Waals surface area contributed by atoms with Crippen molar-refractivity contribution in [3.05, 3.63) is 24.3 Å². The molecule has 0 spiro atoms. The molecule has 1 fully saturated rings. The van der Waals surface area contributed by atoms with Crippen molar-refractivity contribution in [3.63, 3.8) is 0 Å². The van der Waals surface area contributed by atoms with Crippen LogP contribution in [0, 0.1) is 12.3 Å². The minimum absolute atomic E-state index is 0.118. The largest absolute Gasteiger partial charge is 0.372 e. The topological polar surface area (TPSA) is 9.23 Å². The average Bonchev–Trinajstić information content (AvgIpc) is 2.74. The van der Waals surface area contributed by atoms with Crippen molar-refractivity contribution in [3.8, 4) is 12.3 Å². The van der Waals surface area contributed by atoms with Crippen molar-refractivity contribution >= 4 is 27.5 Å². The molecule has 1 nitrogen and oxygen atoms in total. The van der Waals surface area contributed by atoms with E-state index in [0.717, 1.165) is 25.7 Å². The molecule has 18 heavy (non-hydrogen) atoms. The molecule has 0 bridgehead atoms. The third-order valence-corrected chi connectivity index (χ3v) is 4.72. The lowest BCUT2D eigenvalue weighted by atomic mass is 10.1. The maximum Gasteiger partial charge on any atom is 0.0778 e. The lowest BCUT2D eigenvalue weighted by Crippen LogP contribution is -2.20. The van der Waals surface area contributed by atoms with Crippen molar-refractivity contribution in [1.82, 2.24) is 0 Å². The van der Waals surface area contributed by atoms with Gasteiger partial charge in [-0.3, -0.25) is 0 Å². The maximum absolute atomic E-state index is 6.32. The summed E-state index contributed by atoms with van der Waals surface area (Å²) in [4.78, 5) is 0.409. The number of hydrogen-bond donors (Lipinski definition) is 0. The van der Waals surface area contributed by atoms with E-state index in [9.17, 15) is 0 Å². The van der Waals surface area contributed by atoms with Crippen LogP contribution in [0.25, 0.3) is 0 Å². The highest BCUT2D eigenvalue weighted by atomic mass is 79.9. The Balaban J connectivity index is 2.31. The zero-order valence-corrected chi connectivity index (χ0v) is 13.0. The summed E-state index contributed by atoms with van der Waals surface area (Å²) in [6.07, 6.45) is 17.1. The zero-order valence-electron chi connectivity index (χ0n) is 10.7. The van der Waals surface area contributed by atoms with E-state index < -0.39 is 0 Å². The molecule has 0 aromatic carbocycles. The highest BCUT2D eigenvalue weighted by Crippen LogP contribution is 2.32. The van der Waals surface area contributed by atoms with Crippen LogP contribution in [0.2, 0.25) is 0 Å². The van der Waals surface area contributed by atoms with E-state index in [4.69, 9.17) is 22.8 Å². The van der Waals surface area contributed by atoms with E-state index in [0.29, 0.717) is 4.83 Å². The van der Waals surface area contributed by atoms with Gasteiger partial charge in [0.1, 0.15) is 0 Å². The molecule has 3 heteroatoms. The maximum atomic E-state index is 6.32. The normalized spacial score (nSPS) is 30.0. The van der Waals surface area contributed by atoms with E-state index in [1.54, 1.807) is 6.08 Å². The standard InChI is InChI=1S/C15H20BrClO/c1-3-5-6-7-8-9-10-14-13(17)11-15(18-14)12(16)4-2/h1,5-6,8-9,12-15H,4,7,10-11H2,2H3/b6-5+,9-8-/t12-,13-,14-,15-/m0/s1. The number of allylic oxidation sites excluding steroid dienone is 3. The van der Waals surface area contributed by atoms with Crippen LogP contribution in [0.3, 0.4) is 0 Å². The molecule has 0 radical (unpaired) electrons. The van der Waals surface area contributed by atoms with Gasteiger partial charge in [0.2, 0.25) is 0 Å². The van der Waals surface area contributed by atoms with Crippen LogP contribution in [0.4, 0.5) is 0 Å². The van der Waals surface area contributed by atoms with Crippen LogP contribution in [0.15, 0.2) is 24.3 Å². The first kappa shape index (κ1) is 15.8. The molecule has 1 saturated heterocycles. The third kappa shape index (κ3) is 5.18. The monoisotopic (exact) mass is 330 g/mol. The molecule has 0 aliphatic carbocycles. The summed E-state index contributed by atoms with van der Waals surface area (Å²) in [5.41, 5.74) is 0. The Labute approximate surface area is 124 Å². The van der Waals surface area contributed by atoms with Gasteiger partial charge in [-0.05, 0) is 31.8 Å². The summed E-state index contributed by atoms with van der Waals surface area (Å²) in [6, 6.07) is 0. The van der Waals surface area contributed by atoms with Crippen LogP contribution in [-0.2, 0) is 4.74 Å². The van der Waals surface area contributed by atoms with Crippen LogP contribution in [-0.4, -0.2) is 22.4 Å². The molecule has 1 rings (SSSR count). The minimum Gasteiger partial charge on any atom is -0.372 e. The highest BCUT2D eigenvalue weighted by Gasteiger charge is 2.35. The van der Waals surface area contributed by atoms with Crippen LogP contribution >= 0.6 is 27.5 Å². The van der Waals surface area contributed by atoms with Crippen molar-refractivity contribution in [2.75, 3.05) is 0 Å². The molecule has 0 amide bonds. The molecule has 4 atom stereocenters. The quantitative estimate of drug-likeness (QED) is 0.397. The van der Waals surface area contributed by atoms with Gasteiger partial charge in [-0.25, -0.2) is 0 Å². The Morgan fingerprint density at radius 3 is 2.94 bits per heavy atom. The molecular formula is C15H20BrClO. The fourth-order valence-corrected chi connectivity index (χ4v) is 2.66. The molecule has 1 aliphatic heterocycles. The highest BCUT2D eigenvalue weighted by molar-refractivity contribution is 9.09. The minimum atomic E-state index is 0.118. The molecule has 1 heterocycles. The SMILES string of the molecule is C#C/C=C/C/C=C\C[C@@H]1O[C@H]([C@@H](Br)CC)C[C@@H]1Cl. The van der Waals surface area contributed by atoms with E-state index >= 15 is 0 Å². The van der Waals surface area contributed by atoms with Crippen molar-refractivity contribution in [2.45, 2.75) is 55.0 Å². The second kappa shape index (κ2) is 8.80. The van der Waals surface area contributed by atoms with Crippen molar-refractivity contribution in [2.24, 2.45) is 0 Å². The van der Waals surface area contributed by atoms with E-state index in [2.05, 4.69) is 40.9 Å². The van der Waals surface area contributed by atoms with Crippen molar-refractivity contribution in [1.29, 1.82) is 0 Å². The lowest BCUT2D eigenvalue weighted by Gasteiger charge is -2.16. The van der Waals surface area contributed by atoms with Gasteiger partial charge in [0, 0.05) is 4.83 Å². The Hall–Kier alpha value is -0.230. The molecule has 1 aliphatic rings. The first-order chi connectivity index (χ1) is 8.69. The van der Waals surface area contributed by atoms with Gasteiger partial charge in [-0.2, -0.15) is 0 Å².